The van der Waals surface area contributed by atoms with Crippen molar-refractivity contribution in [3.63, 3.8) is 0 Å². The quantitative estimate of drug-likeness (QED) is 0.846. The third-order valence-electron chi connectivity index (χ3n) is 4.01. The zero-order chi connectivity index (χ0) is 17.8. The third kappa shape index (κ3) is 3.91. The summed E-state index contributed by atoms with van der Waals surface area (Å²) < 4.78 is 15.3. The standard InChI is InChI=1S/C19H19NO5/c1-12-3-6-14(19(22)23-2)10-15(12)20-18(21)8-5-13-4-7-16-17(9-13)25-11-24-16/h3-4,6-7,9-10H,5,8,11H2,1-2H3,(H,20,21). The maximum Gasteiger partial charge on any atom is 0.337 e. The molecule has 0 atom stereocenters. The highest BCUT2D eigenvalue weighted by Gasteiger charge is 2.14. The first-order chi connectivity index (χ1) is 12.1. The van der Waals surface area contributed by atoms with Crippen molar-refractivity contribution in [3.05, 3.63) is 53.1 Å². The van der Waals surface area contributed by atoms with E-state index in [2.05, 4.69) is 5.32 Å². The SMILES string of the molecule is COC(=O)c1ccc(C)c(NC(=O)CCc2ccc3c(c2)OCO3)c1. The van der Waals surface area contributed by atoms with Crippen molar-refractivity contribution in [2.24, 2.45) is 0 Å². The Bertz CT molecular complexity index is 815. The van der Waals surface area contributed by atoms with E-state index in [4.69, 9.17) is 14.2 Å². The lowest BCUT2D eigenvalue weighted by Crippen LogP contribution is -2.14. The molecule has 1 heterocycles. The average molecular weight is 341 g/mol. The Kier molecular flexibility index (Phi) is 4.88. The summed E-state index contributed by atoms with van der Waals surface area (Å²) in [6, 6.07) is 10.7. The van der Waals surface area contributed by atoms with Crippen molar-refractivity contribution >= 4 is 17.6 Å². The number of carbonyl (C=O) groups excluding carboxylic acids is 2. The summed E-state index contributed by atoms with van der Waals surface area (Å²) >= 11 is 0. The highest BCUT2D eigenvalue weighted by atomic mass is 16.7. The zero-order valence-corrected chi connectivity index (χ0v) is 14.1. The van der Waals surface area contributed by atoms with E-state index in [9.17, 15) is 9.59 Å². The number of carbonyl (C=O) groups is 2. The molecule has 1 aliphatic rings. The summed E-state index contributed by atoms with van der Waals surface area (Å²) in [6.07, 6.45) is 0.903. The smallest absolute Gasteiger partial charge is 0.337 e. The number of nitrogens with one attached hydrogen (secondary N) is 1. The average Bonchev–Trinajstić information content (AvgIpc) is 3.09. The second-order valence-electron chi connectivity index (χ2n) is 5.76. The van der Waals surface area contributed by atoms with Gasteiger partial charge in [0.15, 0.2) is 11.5 Å². The van der Waals surface area contributed by atoms with Crippen LogP contribution in [0.3, 0.4) is 0 Å². The number of rotatable bonds is 5. The molecule has 0 saturated carbocycles. The second kappa shape index (κ2) is 7.25. The Morgan fingerprint density at radius 2 is 1.92 bits per heavy atom. The summed E-state index contributed by atoms with van der Waals surface area (Å²) in [6.45, 7) is 2.10. The van der Waals surface area contributed by atoms with Crippen molar-refractivity contribution in [3.8, 4) is 11.5 Å². The fraction of sp³-hybridized carbons (Fsp3) is 0.263. The van der Waals surface area contributed by atoms with Crippen molar-refractivity contribution < 1.29 is 23.8 Å². The van der Waals surface area contributed by atoms with Gasteiger partial charge in [0.25, 0.3) is 0 Å². The Balaban J connectivity index is 1.62. The lowest BCUT2D eigenvalue weighted by Gasteiger charge is -2.10. The Labute approximate surface area is 145 Å². The summed E-state index contributed by atoms with van der Waals surface area (Å²) in [7, 11) is 1.33. The number of hydrogen-bond acceptors (Lipinski definition) is 5. The van der Waals surface area contributed by atoms with Crippen LogP contribution in [0.1, 0.15) is 27.9 Å². The Hall–Kier alpha value is -3.02. The molecule has 0 spiro atoms. The molecule has 0 radical (unpaired) electrons. The van der Waals surface area contributed by atoms with E-state index in [1.165, 1.54) is 7.11 Å². The lowest BCUT2D eigenvalue weighted by molar-refractivity contribution is -0.116. The molecule has 2 aromatic rings. The summed E-state index contributed by atoms with van der Waals surface area (Å²) in [5.41, 5.74) is 2.89. The number of aryl methyl sites for hydroxylation is 2. The fourth-order valence-electron chi connectivity index (χ4n) is 2.57. The van der Waals surface area contributed by atoms with Crippen LogP contribution in [0.25, 0.3) is 0 Å². The predicted octanol–water partition coefficient (Wildman–Crippen LogP) is 3.08. The van der Waals surface area contributed by atoms with Gasteiger partial charge in [0.1, 0.15) is 0 Å². The van der Waals surface area contributed by atoms with E-state index in [1.807, 2.05) is 25.1 Å². The number of anilines is 1. The van der Waals surface area contributed by atoms with Crippen LogP contribution in [0.2, 0.25) is 0 Å². The van der Waals surface area contributed by atoms with Crippen molar-refractivity contribution in [2.75, 3.05) is 19.2 Å². The molecule has 0 aliphatic carbocycles. The molecule has 0 aromatic heterocycles. The zero-order valence-electron chi connectivity index (χ0n) is 14.1. The molecule has 2 aromatic carbocycles. The van der Waals surface area contributed by atoms with E-state index in [0.29, 0.717) is 29.8 Å². The Morgan fingerprint density at radius 3 is 2.72 bits per heavy atom. The van der Waals surface area contributed by atoms with Gasteiger partial charge < -0.3 is 19.5 Å². The van der Waals surface area contributed by atoms with Crippen LogP contribution < -0.4 is 14.8 Å². The molecule has 3 rings (SSSR count). The number of benzene rings is 2. The minimum Gasteiger partial charge on any atom is -0.465 e. The first-order valence-corrected chi connectivity index (χ1v) is 7.94. The molecule has 25 heavy (non-hydrogen) atoms. The number of esters is 1. The highest BCUT2D eigenvalue weighted by molar-refractivity contribution is 5.95. The van der Waals surface area contributed by atoms with Gasteiger partial charge in [0, 0.05) is 12.1 Å². The van der Waals surface area contributed by atoms with Gasteiger partial charge in [-0.25, -0.2) is 4.79 Å². The van der Waals surface area contributed by atoms with Crippen LogP contribution in [0.5, 0.6) is 11.5 Å². The monoisotopic (exact) mass is 341 g/mol. The highest BCUT2D eigenvalue weighted by Crippen LogP contribution is 2.32. The first kappa shape index (κ1) is 16.8. The molecule has 0 fully saturated rings. The van der Waals surface area contributed by atoms with E-state index in [0.717, 1.165) is 16.9 Å². The molecule has 1 N–H and O–H groups in total. The topological polar surface area (TPSA) is 73.9 Å². The van der Waals surface area contributed by atoms with Gasteiger partial charge in [-0.15, -0.1) is 0 Å². The molecule has 1 amide bonds. The molecule has 1 aliphatic heterocycles. The molecular formula is C19H19NO5. The van der Waals surface area contributed by atoms with Crippen molar-refractivity contribution in [1.82, 2.24) is 0 Å². The Morgan fingerprint density at radius 1 is 1.12 bits per heavy atom. The van der Waals surface area contributed by atoms with Crippen LogP contribution in [0, 0.1) is 6.92 Å². The molecule has 130 valence electrons. The van der Waals surface area contributed by atoms with Crippen LogP contribution >= 0.6 is 0 Å². The minimum atomic E-state index is -0.434. The van der Waals surface area contributed by atoms with E-state index in [1.54, 1.807) is 18.2 Å². The molecule has 0 saturated heterocycles. The number of ether oxygens (including phenoxy) is 3. The number of fused-ring (bicyclic) bond motifs is 1. The number of methoxy groups -OCH3 is 1. The minimum absolute atomic E-state index is 0.122. The van der Waals surface area contributed by atoms with E-state index < -0.39 is 5.97 Å². The fourth-order valence-corrected chi connectivity index (χ4v) is 2.57. The summed E-state index contributed by atoms with van der Waals surface area (Å²) in [5.74, 6) is 0.877. The van der Waals surface area contributed by atoms with Crippen LogP contribution in [-0.2, 0) is 16.0 Å². The molecule has 6 heteroatoms. The van der Waals surface area contributed by atoms with E-state index >= 15 is 0 Å². The predicted molar refractivity (Wildman–Crippen MR) is 92.0 cm³/mol. The molecule has 0 bridgehead atoms. The summed E-state index contributed by atoms with van der Waals surface area (Å²) in [4.78, 5) is 23.8. The largest absolute Gasteiger partial charge is 0.465 e. The van der Waals surface area contributed by atoms with Gasteiger partial charge in [0.05, 0.1) is 12.7 Å². The normalized spacial score (nSPS) is 11.9. The second-order valence-corrected chi connectivity index (χ2v) is 5.76. The molecule has 0 unspecified atom stereocenters. The van der Waals surface area contributed by atoms with Crippen LogP contribution in [-0.4, -0.2) is 25.8 Å². The van der Waals surface area contributed by atoms with Gasteiger partial charge in [-0.1, -0.05) is 12.1 Å². The molecular weight excluding hydrogens is 322 g/mol. The lowest BCUT2D eigenvalue weighted by atomic mass is 10.1. The van der Waals surface area contributed by atoms with Crippen LogP contribution in [0.4, 0.5) is 5.69 Å². The van der Waals surface area contributed by atoms with Gasteiger partial charge in [-0.2, -0.15) is 0 Å². The summed E-state index contributed by atoms with van der Waals surface area (Å²) in [5, 5.41) is 2.85. The van der Waals surface area contributed by atoms with E-state index in [-0.39, 0.29) is 12.7 Å². The van der Waals surface area contributed by atoms with Crippen molar-refractivity contribution in [1.29, 1.82) is 0 Å². The maximum atomic E-state index is 12.2. The van der Waals surface area contributed by atoms with Crippen LogP contribution in [0.15, 0.2) is 36.4 Å². The van der Waals surface area contributed by atoms with Gasteiger partial charge in [0.2, 0.25) is 12.7 Å². The van der Waals surface area contributed by atoms with Crippen molar-refractivity contribution in [2.45, 2.75) is 19.8 Å². The number of hydrogen-bond donors (Lipinski definition) is 1. The molecule has 6 nitrogen and oxygen atoms in total. The first-order valence-electron chi connectivity index (χ1n) is 7.94. The van der Waals surface area contributed by atoms with Gasteiger partial charge in [-0.05, 0) is 48.7 Å². The van der Waals surface area contributed by atoms with Gasteiger partial charge >= 0.3 is 5.97 Å². The van der Waals surface area contributed by atoms with Gasteiger partial charge in [-0.3, -0.25) is 4.79 Å². The number of amides is 1. The third-order valence-corrected chi connectivity index (χ3v) is 4.01. The maximum absolute atomic E-state index is 12.2.